The first-order valence-corrected chi connectivity index (χ1v) is 9.38. The molecule has 3 rings (SSSR count). The lowest BCUT2D eigenvalue weighted by Crippen LogP contribution is -2.33. The molecule has 1 aliphatic rings. The molecular formula is C21H26F2N2O3. The predicted octanol–water partition coefficient (Wildman–Crippen LogP) is 4.74. The van der Waals surface area contributed by atoms with Crippen molar-refractivity contribution < 1.29 is 23.0 Å². The summed E-state index contributed by atoms with van der Waals surface area (Å²) in [5.41, 5.74) is 2.61. The summed E-state index contributed by atoms with van der Waals surface area (Å²) in [6.45, 7) is 0.446. The maximum atomic E-state index is 12.5. The zero-order valence-corrected chi connectivity index (χ0v) is 16.5. The van der Waals surface area contributed by atoms with Crippen molar-refractivity contribution in [2.24, 2.45) is 0 Å². The van der Waals surface area contributed by atoms with Crippen LogP contribution in [0, 0.1) is 6.92 Å². The van der Waals surface area contributed by atoms with Crippen LogP contribution in [-0.4, -0.2) is 37.3 Å². The standard InChI is InChI=1S/C21H26F2N2O3/c1-14-11-15(12-24-20(14)28-21(22)23)13-25-10-5-4-7-16(25)19-17(26-2)8-6-9-18(19)27-3/h6,8-9,11-12,16,21H,4-5,7,10,13H2,1-3H3. The fourth-order valence-electron chi connectivity index (χ4n) is 3.86. The van der Waals surface area contributed by atoms with Gasteiger partial charge in [0.25, 0.3) is 0 Å². The second kappa shape index (κ2) is 9.19. The van der Waals surface area contributed by atoms with Gasteiger partial charge in [-0.25, -0.2) is 4.98 Å². The summed E-state index contributed by atoms with van der Waals surface area (Å²) >= 11 is 0. The number of halogens is 2. The minimum Gasteiger partial charge on any atom is -0.496 e. The van der Waals surface area contributed by atoms with Gasteiger partial charge in [-0.15, -0.1) is 0 Å². The summed E-state index contributed by atoms with van der Waals surface area (Å²) in [6, 6.07) is 7.83. The third-order valence-electron chi connectivity index (χ3n) is 5.09. The minimum atomic E-state index is -2.87. The zero-order valence-electron chi connectivity index (χ0n) is 16.5. The summed E-state index contributed by atoms with van der Waals surface area (Å²) in [6.07, 6.45) is 4.83. The van der Waals surface area contributed by atoms with Gasteiger partial charge in [0.1, 0.15) is 11.5 Å². The van der Waals surface area contributed by atoms with Gasteiger partial charge in [-0.2, -0.15) is 8.78 Å². The van der Waals surface area contributed by atoms with Crippen molar-refractivity contribution in [3.05, 3.63) is 47.2 Å². The molecule has 0 N–H and O–H groups in total. The van der Waals surface area contributed by atoms with E-state index in [-0.39, 0.29) is 11.9 Å². The number of aromatic nitrogens is 1. The number of alkyl halides is 2. The normalized spacial score (nSPS) is 17.6. The topological polar surface area (TPSA) is 43.8 Å². The van der Waals surface area contributed by atoms with Crippen LogP contribution in [0.2, 0.25) is 0 Å². The number of piperidine rings is 1. The summed E-state index contributed by atoms with van der Waals surface area (Å²) < 4.78 is 40.6. The van der Waals surface area contributed by atoms with Crippen molar-refractivity contribution in [3.63, 3.8) is 0 Å². The average Bonchev–Trinajstić information content (AvgIpc) is 2.69. The molecule has 1 aliphatic heterocycles. The molecule has 152 valence electrons. The maximum Gasteiger partial charge on any atom is 0.388 e. The third kappa shape index (κ3) is 4.52. The quantitative estimate of drug-likeness (QED) is 0.681. The van der Waals surface area contributed by atoms with Gasteiger partial charge < -0.3 is 14.2 Å². The van der Waals surface area contributed by atoms with E-state index in [1.807, 2.05) is 24.3 Å². The first-order chi connectivity index (χ1) is 13.5. The number of ether oxygens (including phenoxy) is 3. The van der Waals surface area contributed by atoms with E-state index in [9.17, 15) is 8.78 Å². The Bertz CT molecular complexity index is 779. The highest BCUT2D eigenvalue weighted by molar-refractivity contribution is 5.47. The minimum absolute atomic E-state index is 0.0275. The molecule has 0 spiro atoms. The Balaban J connectivity index is 1.86. The van der Waals surface area contributed by atoms with Gasteiger partial charge in [0.15, 0.2) is 0 Å². The molecule has 2 aromatic rings. The monoisotopic (exact) mass is 392 g/mol. The SMILES string of the molecule is COc1cccc(OC)c1C1CCCCN1Cc1cnc(OC(F)F)c(C)c1. The molecule has 0 saturated carbocycles. The van der Waals surface area contributed by atoms with Crippen molar-refractivity contribution in [2.75, 3.05) is 20.8 Å². The molecule has 0 bridgehead atoms. The zero-order chi connectivity index (χ0) is 20.1. The molecule has 1 aromatic carbocycles. The first-order valence-electron chi connectivity index (χ1n) is 9.38. The number of methoxy groups -OCH3 is 2. The molecule has 0 amide bonds. The van der Waals surface area contributed by atoms with Gasteiger partial charge in [0, 0.05) is 24.3 Å². The molecule has 1 fully saturated rings. The molecule has 0 radical (unpaired) electrons. The fourth-order valence-corrected chi connectivity index (χ4v) is 3.86. The molecule has 5 nitrogen and oxygen atoms in total. The number of rotatable bonds is 7. The smallest absolute Gasteiger partial charge is 0.388 e. The van der Waals surface area contributed by atoms with E-state index in [4.69, 9.17) is 9.47 Å². The van der Waals surface area contributed by atoms with Crippen molar-refractivity contribution >= 4 is 0 Å². The molecular weight excluding hydrogens is 366 g/mol. The van der Waals surface area contributed by atoms with Crippen molar-refractivity contribution in [2.45, 2.75) is 45.4 Å². The van der Waals surface area contributed by atoms with Crippen molar-refractivity contribution in [1.29, 1.82) is 0 Å². The summed E-state index contributed by atoms with van der Waals surface area (Å²) in [7, 11) is 3.33. The number of aryl methyl sites for hydroxylation is 1. The summed E-state index contributed by atoms with van der Waals surface area (Å²) in [5, 5.41) is 0. The lowest BCUT2D eigenvalue weighted by molar-refractivity contribution is -0.0533. The van der Waals surface area contributed by atoms with Gasteiger partial charge in [0.2, 0.25) is 5.88 Å². The van der Waals surface area contributed by atoms with Gasteiger partial charge in [0.05, 0.1) is 19.8 Å². The lowest BCUT2D eigenvalue weighted by atomic mass is 9.93. The van der Waals surface area contributed by atoms with Crippen LogP contribution in [0.5, 0.6) is 17.4 Å². The fraction of sp³-hybridized carbons (Fsp3) is 0.476. The third-order valence-corrected chi connectivity index (χ3v) is 5.09. The molecule has 1 saturated heterocycles. The Kier molecular flexibility index (Phi) is 6.67. The van der Waals surface area contributed by atoms with Crippen molar-refractivity contribution in [3.8, 4) is 17.4 Å². The van der Waals surface area contributed by atoms with E-state index in [1.54, 1.807) is 27.3 Å². The van der Waals surface area contributed by atoms with E-state index in [2.05, 4.69) is 14.6 Å². The molecule has 1 aromatic heterocycles. The van der Waals surface area contributed by atoms with Crippen LogP contribution in [0.3, 0.4) is 0 Å². The van der Waals surface area contributed by atoms with Crippen LogP contribution in [-0.2, 0) is 6.54 Å². The van der Waals surface area contributed by atoms with E-state index in [1.165, 1.54) is 0 Å². The number of nitrogens with zero attached hydrogens (tertiary/aromatic N) is 2. The number of likely N-dealkylation sites (tertiary alicyclic amines) is 1. The van der Waals surface area contributed by atoms with E-state index in [0.717, 1.165) is 48.4 Å². The maximum absolute atomic E-state index is 12.5. The number of hydrogen-bond acceptors (Lipinski definition) is 5. The number of benzene rings is 1. The molecule has 28 heavy (non-hydrogen) atoms. The first kappa shape index (κ1) is 20.3. The summed E-state index contributed by atoms with van der Waals surface area (Å²) in [5.74, 6) is 1.60. The van der Waals surface area contributed by atoms with Crippen LogP contribution >= 0.6 is 0 Å². The Hall–Kier alpha value is -2.41. The van der Waals surface area contributed by atoms with Crippen LogP contribution in [0.4, 0.5) is 8.78 Å². The molecule has 2 heterocycles. The van der Waals surface area contributed by atoms with Gasteiger partial charge in [-0.05, 0) is 50.1 Å². The Morgan fingerprint density at radius 3 is 2.50 bits per heavy atom. The highest BCUT2D eigenvalue weighted by Gasteiger charge is 2.29. The highest BCUT2D eigenvalue weighted by Crippen LogP contribution is 2.42. The summed E-state index contributed by atoms with van der Waals surface area (Å²) in [4.78, 5) is 6.44. The highest BCUT2D eigenvalue weighted by atomic mass is 19.3. The number of pyridine rings is 1. The van der Waals surface area contributed by atoms with Crippen LogP contribution in [0.1, 0.15) is 42.0 Å². The van der Waals surface area contributed by atoms with E-state index >= 15 is 0 Å². The second-order valence-corrected chi connectivity index (χ2v) is 6.90. The van der Waals surface area contributed by atoms with Crippen LogP contribution in [0.15, 0.2) is 30.5 Å². The van der Waals surface area contributed by atoms with Crippen molar-refractivity contribution in [1.82, 2.24) is 9.88 Å². The van der Waals surface area contributed by atoms with E-state index in [0.29, 0.717) is 12.1 Å². The lowest BCUT2D eigenvalue weighted by Gasteiger charge is -2.37. The molecule has 7 heteroatoms. The molecule has 1 atom stereocenters. The van der Waals surface area contributed by atoms with Gasteiger partial charge in [-0.3, -0.25) is 4.90 Å². The Morgan fingerprint density at radius 1 is 1.18 bits per heavy atom. The molecule has 0 aliphatic carbocycles. The van der Waals surface area contributed by atoms with Crippen LogP contribution in [0.25, 0.3) is 0 Å². The van der Waals surface area contributed by atoms with Gasteiger partial charge >= 0.3 is 6.61 Å². The van der Waals surface area contributed by atoms with E-state index < -0.39 is 6.61 Å². The van der Waals surface area contributed by atoms with Gasteiger partial charge in [-0.1, -0.05) is 12.5 Å². The number of hydrogen-bond donors (Lipinski definition) is 0. The predicted molar refractivity (Wildman–Crippen MR) is 102 cm³/mol. The average molecular weight is 392 g/mol. The Labute approximate surface area is 164 Å². The van der Waals surface area contributed by atoms with Crippen LogP contribution < -0.4 is 14.2 Å². The largest absolute Gasteiger partial charge is 0.496 e. The Morgan fingerprint density at radius 2 is 1.89 bits per heavy atom. The molecule has 1 unspecified atom stereocenters. The second-order valence-electron chi connectivity index (χ2n) is 6.90.